The Kier molecular flexibility index (Phi) is 7.24. The van der Waals surface area contributed by atoms with E-state index in [9.17, 15) is 13.2 Å². The largest absolute Gasteiger partial charge is 0.497 e. The zero-order valence-corrected chi connectivity index (χ0v) is 17.1. The molecule has 8 nitrogen and oxygen atoms in total. The Morgan fingerprint density at radius 3 is 2.25 bits per heavy atom. The third-order valence-electron chi connectivity index (χ3n) is 3.95. The minimum atomic E-state index is -3.24. The van der Waals surface area contributed by atoms with E-state index in [-0.39, 0.29) is 19.1 Å². The van der Waals surface area contributed by atoms with Crippen LogP contribution in [-0.2, 0) is 21.4 Å². The number of rotatable bonds is 9. The first-order valence-electron chi connectivity index (χ1n) is 8.38. The van der Waals surface area contributed by atoms with Crippen LogP contribution >= 0.6 is 0 Å². The lowest BCUT2D eigenvalue weighted by Gasteiger charge is -2.14. The summed E-state index contributed by atoms with van der Waals surface area (Å²) in [5.41, 5.74) is 1.29. The number of hydrogen-bond donors (Lipinski definition) is 1. The summed E-state index contributed by atoms with van der Waals surface area (Å²) < 4.78 is 40.0. The maximum absolute atomic E-state index is 12.2. The normalized spacial score (nSPS) is 11.2. The van der Waals surface area contributed by atoms with Crippen molar-refractivity contribution in [3.05, 3.63) is 48.0 Å². The summed E-state index contributed by atoms with van der Waals surface area (Å²) in [6, 6.07) is 12.0. The molecule has 0 saturated carbocycles. The molecule has 0 heterocycles. The van der Waals surface area contributed by atoms with Crippen LogP contribution < -0.4 is 19.5 Å². The number of ether oxygens (including phenoxy) is 3. The first-order valence-corrected chi connectivity index (χ1v) is 10.2. The van der Waals surface area contributed by atoms with Gasteiger partial charge in [0.25, 0.3) is 5.91 Å². The summed E-state index contributed by atoms with van der Waals surface area (Å²) in [7, 11) is 1.31. The Morgan fingerprint density at radius 2 is 1.68 bits per heavy atom. The van der Waals surface area contributed by atoms with Crippen molar-refractivity contribution in [2.75, 3.05) is 39.4 Å². The fourth-order valence-corrected chi connectivity index (χ4v) is 2.70. The van der Waals surface area contributed by atoms with Gasteiger partial charge in [-0.3, -0.25) is 4.79 Å². The first-order chi connectivity index (χ1) is 13.2. The predicted octanol–water partition coefficient (Wildman–Crippen LogP) is 2.11. The van der Waals surface area contributed by atoms with Gasteiger partial charge in [0.2, 0.25) is 10.0 Å². The number of carbonyl (C=O) groups excluding carboxylic acids is 1. The molecule has 0 radical (unpaired) electrons. The second-order valence-electron chi connectivity index (χ2n) is 6.07. The smallest absolute Gasteiger partial charge is 0.262 e. The molecule has 0 fully saturated rings. The van der Waals surface area contributed by atoms with Gasteiger partial charge < -0.3 is 19.5 Å². The lowest BCUT2D eigenvalue weighted by Crippen LogP contribution is -2.24. The fourth-order valence-electron chi connectivity index (χ4n) is 2.31. The van der Waals surface area contributed by atoms with Crippen LogP contribution in [0.1, 0.15) is 5.56 Å². The molecule has 0 bridgehead atoms. The van der Waals surface area contributed by atoms with Gasteiger partial charge in [-0.25, -0.2) is 12.7 Å². The minimum absolute atomic E-state index is 0.192. The molecule has 2 rings (SSSR count). The number of nitrogens with one attached hydrogen (secondary N) is 1. The highest BCUT2D eigenvalue weighted by atomic mass is 32.2. The Balaban J connectivity index is 1.93. The van der Waals surface area contributed by atoms with Crippen LogP contribution in [0.3, 0.4) is 0 Å². The van der Waals surface area contributed by atoms with Gasteiger partial charge in [-0.2, -0.15) is 0 Å². The zero-order chi connectivity index (χ0) is 20.7. The van der Waals surface area contributed by atoms with Crippen LogP contribution in [0.2, 0.25) is 0 Å². The Hall–Kier alpha value is -2.78. The second-order valence-corrected chi connectivity index (χ2v) is 8.16. The van der Waals surface area contributed by atoms with E-state index in [0.29, 0.717) is 22.9 Å². The van der Waals surface area contributed by atoms with Crippen LogP contribution in [0, 0.1) is 0 Å². The molecule has 28 heavy (non-hydrogen) atoms. The summed E-state index contributed by atoms with van der Waals surface area (Å²) in [6.45, 7) is 0.0676. The number of sulfonamides is 1. The molecule has 0 aliphatic heterocycles. The van der Waals surface area contributed by atoms with Crippen molar-refractivity contribution >= 4 is 21.6 Å². The molecule has 152 valence electrons. The maximum atomic E-state index is 12.2. The Morgan fingerprint density at radius 1 is 1.04 bits per heavy atom. The van der Waals surface area contributed by atoms with Crippen LogP contribution in [-0.4, -0.2) is 52.8 Å². The predicted molar refractivity (Wildman–Crippen MR) is 106 cm³/mol. The molecule has 1 N–H and O–H groups in total. The number of methoxy groups -OCH3 is 2. The van der Waals surface area contributed by atoms with E-state index >= 15 is 0 Å². The molecule has 0 atom stereocenters. The number of amides is 1. The molecule has 2 aromatic rings. The van der Waals surface area contributed by atoms with Crippen molar-refractivity contribution in [2.24, 2.45) is 0 Å². The number of nitrogens with zero attached hydrogens (tertiary/aromatic N) is 1. The number of hydrogen-bond acceptors (Lipinski definition) is 6. The fraction of sp³-hybridized carbons (Fsp3) is 0.316. The number of carbonyl (C=O) groups is 1. The van der Waals surface area contributed by atoms with Gasteiger partial charge in [0.05, 0.1) is 26.2 Å². The van der Waals surface area contributed by atoms with E-state index in [2.05, 4.69) is 5.32 Å². The van der Waals surface area contributed by atoms with Gasteiger partial charge in [-0.1, -0.05) is 12.1 Å². The van der Waals surface area contributed by atoms with Crippen LogP contribution in [0.25, 0.3) is 0 Å². The van der Waals surface area contributed by atoms with Crippen molar-refractivity contribution in [1.29, 1.82) is 0 Å². The van der Waals surface area contributed by atoms with Crippen LogP contribution in [0.4, 0.5) is 5.69 Å². The van der Waals surface area contributed by atoms with E-state index in [0.717, 1.165) is 11.8 Å². The highest BCUT2D eigenvalue weighted by molar-refractivity contribution is 7.88. The third-order valence-corrected chi connectivity index (χ3v) is 5.21. The van der Waals surface area contributed by atoms with Crippen molar-refractivity contribution in [1.82, 2.24) is 4.31 Å². The lowest BCUT2D eigenvalue weighted by atomic mass is 10.2. The Labute approximate surface area is 165 Å². The second kappa shape index (κ2) is 9.43. The standard InChI is InChI=1S/C19H24N2O6S/c1-21(28(4,23)24)12-14-5-7-15(8-6-14)27-13-19(22)20-17-11-16(25-2)9-10-18(17)26-3/h5-11H,12-13H2,1-4H3,(H,20,22). The van der Waals surface area contributed by atoms with E-state index in [4.69, 9.17) is 14.2 Å². The summed E-state index contributed by atoms with van der Waals surface area (Å²) in [4.78, 5) is 12.2. The van der Waals surface area contributed by atoms with Gasteiger partial charge in [-0.15, -0.1) is 0 Å². The molecular weight excluding hydrogens is 384 g/mol. The topological polar surface area (TPSA) is 94.2 Å². The van der Waals surface area contributed by atoms with E-state index in [1.807, 2.05) is 0 Å². The molecular formula is C19H24N2O6S. The van der Waals surface area contributed by atoms with Gasteiger partial charge in [0.1, 0.15) is 17.2 Å². The van der Waals surface area contributed by atoms with E-state index < -0.39 is 10.0 Å². The minimum Gasteiger partial charge on any atom is -0.497 e. The van der Waals surface area contributed by atoms with Crippen molar-refractivity contribution in [2.45, 2.75) is 6.54 Å². The third kappa shape index (κ3) is 6.14. The number of benzene rings is 2. The average molecular weight is 408 g/mol. The molecule has 0 spiro atoms. The monoisotopic (exact) mass is 408 g/mol. The van der Waals surface area contributed by atoms with Crippen molar-refractivity contribution < 1.29 is 27.4 Å². The summed E-state index contributed by atoms with van der Waals surface area (Å²) >= 11 is 0. The molecule has 0 aromatic heterocycles. The zero-order valence-electron chi connectivity index (χ0n) is 16.3. The summed E-state index contributed by atoms with van der Waals surface area (Å²) in [6.07, 6.45) is 1.15. The number of anilines is 1. The van der Waals surface area contributed by atoms with Gasteiger partial charge in [0, 0.05) is 19.7 Å². The molecule has 9 heteroatoms. The van der Waals surface area contributed by atoms with E-state index in [1.165, 1.54) is 25.6 Å². The van der Waals surface area contributed by atoms with Gasteiger partial charge in [0.15, 0.2) is 6.61 Å². The highest BCUT2D eigenvalue weighted by Crippen LogP contribution is 2.28. The van der Waals surface area contributed by atoms with Gasteiger partial charge >= 0.3 is 0 Å². The molecule has 0 aliphatic carbocycles. The van der Waals surface area contributed by atoms with Crippen molar-refractivity contribution in [3.63, 3.8) is 0 Å². The van der Waals surface area contributed by atoms with Gasteiger partial charge in [-0.05, 0) is 29.8 Å². The quantitative estimate of drug-likeness (QED) is 0.683. The van der Waals surface area contributed by atoms with Crippen molar-refractivity contribution in [3.8, 4) is 17.2 Å². The Bertz CT molecular complexity index is 913. The summed E-state index contributed by atoms with van der Waals surface area (Å²) in [5.74, 6) is 1.24. The molecule has 1 amide bonds. The maximum Gasteiger partial charge on any atom is 0.262 e. The van der Waals surface area contributed by atoms with Crippen LogP contribution in [0.15, 0.2) is 42.5 Å². The first kappa shape index (κ1) is 21.5. The summed E-state index contributed by atoms with van der Waals surface area (Å²) in [5, 5.41) is 2.72. The average Bonchev–Trinajstić information content (AvgIpc) is 2.66. The molecule has 0 aliphatic rings. The van der Waals surface area contributed by atoms with E-state index in [1.54, 1.807) is 42.5 Å². The molecule has 0 saturated heterocycles. The molecule has 0 unspecified atom stereocenters. The SMILES string of the molecule is COc1ccc(OC)c(NC(=O)COc2ccc(CN(C)S(C)(=O)=O)cc2)c1. The lowest BCUT2D eigenvalue weighted by molar-refractivity contribution is -0.118. The molecule has 2 aromatic carbocycles. The highest BCUT2D eigenvalue weighted by Gasteiger charge is 2.12. The van der Waals surface area contributed by atoms with Crippen LogP contribution in [0.5, 0.6) is 17.2 Å².